The summed E-state index contributed by atoms with van der Waals surface area (Å²) in [6.07, 6.45) is 0. The van der Waals surface area contributed by atoms with E-state index in [1.54, 1.807) is 13.0 Å². The van der Waals surface area contributed by atoms with Gasteiger partial charge in [-0.3, -0.25) is 4.72 Å². The fraction of sp³-hybridized carbons (Fsp3) is 0.278. The number of hydrogen-bond acceptors (Lipinski definition) is 6. The molecule has 0 amide bonds. The number of sulfonamides is 1. The van der Waals surface area contributed by atoms with Gasteiger partial charge in [-0.15, -0.1) is 23.5 Å². The lowest BCUT2D eigenvalue weighted by Crippen LogP contribution is -2.14. The van der Waals surface area contributed by atoms with Crippen LogP contribution in [-0.4, -0.2) is 32.5 Å². The molecule has 2 aromatic rings. The summed E-state index contributed by atoms with van der Waals surface area (Å²) in [4.78, 5) is 11.9. The summed E-state index contributed by atoms with van der Waals surface area (Å²) in [7, 11) is -3.80. The number of nitrogens with one attached hydrogen (secondary N) is 1. The van der Waals surface area contributed by atoms with Crippen LogP contribution in [0.3, 0.4) is 0 Å². The van der Waals surface area contributed by atoms with Gasteiger partial charge in [0.25, 0.3) is 10.0 Å². The summed E-state index contributed by atoms with van der Waals surface area (Å²) in [5, 5.41) is 0. The molecule has 144 valence electrons. The molecule has 2 aromatic carbocycles. The quantitative estimate of drug-likeness (QED) is 0.583. The van der Waals surface area contributed by atoms with Crippen LogP contribution >= 0.6 is 39.5 Å². The van der Waals surface area contributed by atoms with Gasteiger partial charge in [-0.1, -0.05) is 12.1 Å². The second-order valence-electron chi connectivity index (χ2n) is 5.67. The Bertz CT molecular complexity index is 943. The molecule has 0 unspecified atom stereocenters. The van der Waals surface area contributed by atoms with Gasteiger partial charge in [-0.2, -0.15) is 0 Å². The molecule has 0 spiro atoms. The smallest absolute Gasteiger partial charge is 0.338 e. The summed E-state index contributed by atoms with van der Waals surface area (Å²) in [5.74, 6) is 1.71. The molecule has 0 aliphatic carbocycles. The minimum absolute atomic E-state index is 0.0607. The number of carbonyl (C=O) groups is 1. The van der Waals surface area contributed by atoms with Gasteiger partial charge in [0.1, 0.15) is 4.90 Å². The lowest BCUT2D eigenvalue weighted by molar-refractivity contribution is 0.0526. The predicted molar refractivity (Wildman–Crippen MR) is 115 cm³/mol. The Morgan fingerprint density at radius 1 is 1.22 bits per heavy atom. The minimum atomic E-state index is -3.80. The highest BCUT2D eigenvalue weighted by Crippen LogP contribution is 2.45. The molecule has 27 heavy (non-hydrogen) atoms. The zero-order valence-corrected chi connectivity index (χ0v) is 18.5. The lowest BCUT2D eigenvalue weighted by atomic mass is 10.2. The first-order valence-electron chi connectivity index (χ1n) is 8.23. The predicted octanol–water partition coefficient (Wildman–Crippen LogP) is 4.91. The number of halogens is 1. The number of carbonyl (C=O) groups excluding carboxylic acids is 1. The monoisotopic (exact) mass is 487 g/mol. The van der Waals surface area contributed by atoms with E-state index < -0.39 is 16.0 Å². The van der Waals surface area contributed by atoms with Crippen molar-refractivity contribution in [3.63, 3.8) is 0 Å². The molecule has 9 heteroatoms. The van der Waals surface area contributed by atoms with E-state index >= 15 is 0 Å². The van der Waals surface area contributed by atoms with Crippen LogP contribution in [0.1, 0.15) is 27.4 Å². The zero-order chi connectivity index (χ0) is 19.4. The van der Waals surface area contributed by atoms with Crippen LogP contribution in [0.5, 0.6) is 0 Å². The van der Waals surface area contributed by atoms with E-state index in [4.69, 9.17) is 4.74 Å². The first-order valence-corrected chi connectivity index (χ1v) is 12.6. The highest BCUT2D eigenvalue weighted by molar-refractivity contribution is 9.10. The molecule has 1 aliphatic heterocycles. The van der Waals surface area contributed by atoms with E-state index in [1.165, 1.54) is 18.2 Å². The molecule has 0 saturated carbocycles. The van der Waals surface area contributed by atoms with E-state index in [0.717, 1.165) is 17.1 Å². The number of benzene rings is 2. The Hall–Kier alpha value is -1.16. The highest BCUT2D eigenvalue weighted by atomic mass is 79.9. The fourth-order valence-corrected chi connectivity index (χ4v) is 7.54. The van der Waals surface area contributed by atoms with E-state index in [2.05, 4.69) is 20.7 Å². The maximum absolute atomic E-state index is 12.8. The topological polar surface area (TPSA) is 72.5 Å². The number of ether oxygens (including phenoxy) is 1. The van der Waals surface area contributed by atoms with E-state index in [9.17, 15) is 13.2 Å². The Morgan fingerprint density at radius 3 is 2.63 bits per heavy atom. The molecule has 1 saturated heterocycles. The zero-order valence-electron chi connectivity index (χ0n) is 14.5. The minimum Gasteiger partial charge on any atom is -0.462 e. The average molecular weight is 488 g/mol. The van der Waals surface area contributed by atoms with Crippen molar-refractivity contribution in [3.05, 3.63) is 58.1 Å². The van der Waals surface area contributed by atoms with Crippen molar-refractivity contribution in [1.82, 2.24) is 0 Å². The Labute approximate surface area is 175 Å². The number of hydrogen-bond donors (Lipinski definition) is 1. The summed E-state index contributed by atoms with van der Waals surface area (Å²) >= 11 is 6.98. The molecule has 0 atom stereocenters. The third kappa shape index (κ3) is 5.01. The molecule has 5 nitrogen and oxygen atoms in total. The maximum atomic E-state index is 12.8. The number of rotatable bonds is 6. The van der Waals surface area contributed by atoms with Crippen LogP contribution in [0.4, 0.5) is 5.69 Å². The van der Waals surface area contributed by atoms with E-state index in [0.29, 0.717) is 20.3 Å². The van der Waals surface area contributed by atoms with Crippen LogP contribution < -0.4 is 4.72 Å². The van der Waals surface area contributed by atoms with Crippen LogP contribution in [0.25, 0.3) is 0 Å². The molecular formula is C18H18BrNO4S3. The van der Waals surface area contributed by atoms with E-state index in [1.807, 2.05) is 41.7 Å². The summed E-state index contributed by atoms with van der Waals surface area (Å²) < 4.78 is 33.8. The van der Waals surface area contributed by atoms with Crippen molar-refractivity contribution in [2.24, 2.45) is 0 Å². The molecule has 0 radical (unpaired) electrons. The van der Waals surface area contributed by atoms with Crippen molar-refractivity contribution >= 4 is 61.1 Å². The van der Waals surface area contributed by atoms with Gasteiger partial charge >= 0.3 is 5.97 Å². The summed E-state index contributed by atoms with van der Waals surface area (Å²) in [6, 6.07) is 11.8. The number of thioether (sulfide) groups is 2. The first kappa shape index (κ1) is 20.6. The van der Waals surface area contributed by atoms with Crippen molar-refractivity contribution in [3.8, 4) is 0 Å². The Kier molecular flexibility index (Phi) is 6.78. The van der Waals surface area contributed by atoms with E-state index in [-0.39, 0.29) is 11.5 Å². The largest absolute Gasteiger partial charge is 0.462 e. The SMILES string of the molecule is CCOC(=O)c1ccc(S(=O)(=O)Nc2cccc(C3SCCS3)c2)c(Br)c1. The van der Waals surface area contributed by atoms with Gasteiger partial charge in [0.2, 0.25) is 0 Å². The molecule has 1 fully saturated rings. The fourth-order valence-electron chi connectivity index (χ4n) is 2.57. The molecule has 1 N–H and O–H groups in total. The molecular weight excluding hydrogens is 470 g/mol. The van der Waals surface area contributed by atoms with Crippen molar-refractivity contribution in [2.75, 3.05) is 22.8 Å². The summed E-state index contributed by atoms with van der Waals surface area (Å²) in [6.45, 7) is 1.97. The van der Waals surface area contributed by atoms with Crippen LogP contribution in [0.2, 0.25) is 0 Å². The maximum Gasteiger partial charge on any atom is 0.338 e. The molecule has 3 rings (SSSR count). The van der Waals surface area contributed by atoms with Gasteiger partial charge in [0.15, 0.2) is 0 Å². The second-order valence-corrected chi connectivity index (χ2v) is 10.9. The normalized spacial score (nSPS) is 14.9. The van der Waals surface area contributed by atoms with Gasteiger partial charge in [0.05, 0.1) is 16.8 Å². The van der Waals surface area contributed by atoms with Crippen molar-refractivity contribution in [2.45, 2.75) is 16.4 Å². The molecule has 1 heterocycles. The number of esters is 1. The lowest BCUT2D eigenvalue weighted by Gasteiger charge is -2.13. The second kappa shape index (κ2) is 8.89. The third-order valence-electron chi connectivity index (χ3n) is 3.77. The molecule has 0 aromatic heterocycles. The van der Waals surface area contributed by atoms with Crippen molar-refractivity contribution < 1.29 is 17.9 Å². The summed E-state index contributed by atoms with van der Waals surface area (Å²) in [5.41, 5.74) is 1.90. The van der Waals surface area contributed by atoms with Crippen molar-refractivity contribution in [1.29, 1.82) is 0 Å². The van der Waals surface area contributed by atoms with Crippen LogP contribution in [0.15, 0.2) is 51.8 Å². The Balaban J connectivity index is 1.82. The van der Waals surface area contributed by atoms with Gasteiger partial charge < -0.3 is 4.74 Å². The Morgan fingerprint density at radius 2 is 1.96 bits per heavy atom. The highest BCUT2D eigenvalue weighted by Gasteiger charge is 2.22. The van der Waals surface area contributed by atoms with Gasteiger partial charge in [0, 0.05) is 21.7 Å². The third-order valence-corrected chi connectivity index (χ3v) is 9.23. The van der Waals surface area contributed by atoms with Crippen LogP contribution in [-0.2, 0) is 14.8 Å². The molecule has 0 bridgehead atoms. The average Bonchev–Trinajstić information content (AvgIpc) is 3.16. The van der Waals surface area contributed by atoms with Gasteiger partial charge in [-0.05, 0) is 58.7 Å². The number of anilines is 1. The van der Waals surface area contributed by atoms with Gasteiger partial charge in [-0.25, -0.2) is 13.2 Å². The molecule has 1 aliphatic rings. The first-order chi connectivity index (χ1) is 12.9. The standard InChI is InChI=1S/C18H18BrNO4S3/c1-2-24-17(21)12-6-7-16(15(19)11-12)27(22,23)20-14-5-3-4-13(10-14)18-25-8-9-26-18/h3-7,10-11,18,20H,2,8-9H2,1H3. The van der Waals surface area contributed by atoms with Crippen LogP contribution in [0, 0.1) is 0 Å².